The van der Waals surface area contributed by atoms with Gasteiger partial charge in [0.15, 0.2) is 5.78 Å². The third kappa shape index (κ3) is 3.05. The van der Waals surface area contributed by atoms with Crippen molar-refractivity contribution in [2.45, 2.75) is 6.42 Å². The van der Waals surface area contributed by atoms with Crippen molar-refractivity contribution in [3.63, 3.8) is 0 Å². The Kier molecular flexibility index (Phi) is 3.89. The molecule has 0 aliphatic heterocycles. The van der Waals surface area contributed by atoms with E-state index in [1.165, 1.54) is 19.5 Å². The third-order valence-corrected chi connectivity index (χ3v) is 2.67. The number of ketones is 1. The number of rotatable bonds is 4. The molecule has 0 unspecified atom stereocenters. The second-order valence-electron chi connectivity index (χ2n) is 3.67. The minimum Gasteiger partial charge on any atom is -0.481 e. The zero-order valence-electron chi connectivity index (χ0n) is 9.76. The van der Waals surface area contributed by atoms with E-state index in [1.54, 1.807) is 12.1 Å². The summed E-state index contributed by atoms with van der Waals surface area (Å²) in [4.78, 5) is 19.8. The lowest BCUT2D eigenvalue weighted by Crippen LogP contribution is -2.06. The van der Waals surface area contributed by atoms with Gasteiger partial charge in [-0.2, -0.15) is 0 Å². The van der Waals surface area contributed by atoms with Gasteiger partial charge in [-0.15, -0.1) is 0 Å². The Morgan fingerprint density at radius 1 is 1.28 bits per heavy atom. The number of nitrogens with zero attached hydrogens (tertiary/aromatic N) is 2. The Labute approximate surface area is 110 Å². The Bertz CT molecular complexity index is 555. The zero-order valence-corrected chi connectivity index (χ0v) is 10.5. The van der Waals surface area contributed by atoms with Crippen LogP contribution in [0.3, 0.4) is 0 Å². The summed E-state index contributed by atoms with van der Waals surface area (Å²) in [5, 5.41) is 0.648. The van der Waals surface area contributed by atoms with Crippen LogP contribution < -0.4 is 4.74 Å². The predicted octanol–water partition coefficient (Wildman–Crippen LogP) is 2.56. The molecule has 18 heavy (non-hydrogen) atoms. The van der Waals surface area contributed by atoms with Crippen molar-refractivity contribution < 1.29 is 9.53 Å². The van der Waals surface area contributed by atoms with Crippen LogP contribution in [-0.2, 0) is 6.42 Å². The number of benzene rings is 1. The highest BCUT2D eigenvalue weighted by Crippen LogP contribution is 2.13. The van der Waals surface area contributed by atoms with Gasteiger partial charge < -0.3 is 4.74 Å². The molecule has 2 rings (SSSR count). The van der Waals surface area contributed by atoms with Gasteiger partial charge in [-0.25, -0.2) is 9.97 Å². The summed E-state index contributed by atoms with van der Waals surface area (Å²) in [6.07, 6.45) is 1.59. The highest BCUT2D eigenvalue weighted by molar-refractivity contribution is 6.30. The number of Topliss-reactive ketones (excluding diaryl/α,β-unsaturated/α-hetero) is 1. The molecule has 0 radical (unpaired) electrons. The number of carbonyl (C=O) groups is 1. The average Bonchev–Trinajstić information content (AvgIpc) is 2.41. The van der Waals surface area contributed by atoms with Crippen LogP contribution in [0.25, 0.3) is 0 Å². The third-order valence-electron chi connectivity index (χ3n) is 2.41. The van der Waals surface area contributed by atoms with Gasteiger partial charge in [0.05, 0.1) is 7.11 Å². The number of hydrogen-bond donors (Lipinski definition) is 0. The van der Waals surface area contributed by atoms with Crippen LogP contribution in [0.15, 0.2) is 36.7 Å². The topological polar surface area (TPSA) is 52.1 Å². The van der Waals surface area contributed by atoms with E-state index in [4.69, 9.17) is 16.3 Å². The first-order chi connectivity index (χ1) is 8.69. The lowest BCUT2D eigenvalue weighted by Gasteiger charge is -2.02. The van der Waals surface area contributed by atoms with Gasteiger partial charge in [0.25, 0.3) is 0 Å². The lowest BCUT2D eigenvalue weighted by molar-refractivity contribution is 0.0987. The van der Waals surface area contributed by atoms with Crippen molar-refractivity contribution in [2.75, 3.05) is 7.11 Å². The van der Waals surface area contributed by atoms with E-state index in [0.29, 0.717) is 16.6 Å². The van der Waals surface area contributed by atoms with E-state index in [9.17, 15) is 4.79 Å². The number of ether oxygens (including phenoxy) is 1. The van der Waals surface area contributed by atoms with E-state index < -0.39 is 0 Å². The molecule has 1 heterocycles. The number of aromatic nitrogens is 2. The fourth-order valence-electron chi connectivity index (χ4n) is 1.48. The molecule has 0 amide bonds. The van der Waals surface area contributed by atoms with Crippen LogP contribution in [0.4, 0.5) is 0 Å². The van der Waals surface area contributed by atoms with Crippen LogP contribution in [0.5, 0.6) is 5.88 Å². The second-order valence-corrected chi connectivity index (χ2v) is 4.11. The summed E-state index contributed by atoms with van der Waals surface area (Å²) in [5.41, 5.74) is 1.23. The van der Waals surface area contributed by atoms with Gasteiger partial charge in [-0.3, -0.25) is 4.79 Å². The van der Waals surface area contributed by atoms with E-state index >= 15 is 0 Å². The van der Waals surface area contributed by atoms with Crippen LogP contribution >= 0.6 is 11.6 Å². The summed E-state index contributed by atoms with van der Waals surface area (Å²) >= 11 is 5.78. The average molecular weight is 263 g/mol. The highest BCUT2D eigenvalue weighted by atomic mass is 35.5. The molecule has 0 atom stereocenters. The maximum Gasteiger partial charge on any atom is 0.216 e. The maximum absolute atomic E-state index is 12.0. The molecule has 2 aromatic rings. The quantitative estimate of drug-likeness (QED) is 0.795. The van der Waals surface area contributed by atoms with Crippen LogP contribution in [0.2, 0.25) is 5.02 Å². The van der Waals surface area contributed by atoms with Gasteiger partial charge in [-0.1, -0.05) is 23.7 Å². The Balaban J connectivity index is 2.14. The molecule has 0 saturated carbocycles. The zero-order chi connectivity index (χ0) is 13.0. The fourth-order valence-corrected chi connectivity index (χ4v) is 1.61. The van der Waals surface area contributed by atoms with E-state index in [2.05, 4.69) is 9.97 Å². The summed E-state index contributed by atoms with van der Waals surface area (Å²) in [7, 11) is 1.50. The van der Waals surface area contributed by atoms with Crippen molar-refractivity contribution in [1.82, 2.24) is 9.97 Å². The molecule has 0 saturated heterocycles. The Morgan fingerprint density at radius 2 is 2.00 bits per heavy atom. The van der Waals surface area contributed by atoms with Crippen molar-refractivity contribution in [3.05, 3.63) is 52.9 Å². The molecule has 0 bridgehead atoms. The van der Waals surface area contributed by atoms with E-state index in [1.807, 2.05) is 12.1 Å². The largest absolute Gasteiger partial charge is 0.481 e. The smallest absolute Gasteiger partial charge is 0.216 e. The molecule has 4 nitrogen and oxygen atoms in total. The van der Waals surface area contributed by atoms with Crippen LogP contribution in [0.1, 0.15) is 16.1 Å². The summed E-state index contributed by atoms with van der Waals surface area (Å²) in [6.45, 7) is 0. The highest BCUT2D eigenvalue weighted by Gasteiger charge is 2.10. The maximum atomic E-state index is 12.0. The predicted molar refractivity (Wildman–Crippen MR) is 68.1 cm³/mol. The normalized spacial score (nSPS) is 10.1. The molecule has 1 aromatic heterocycles. The first-order valence-corrected chi connectivity index (χ1v) is 5.70. The minimum atomic E-state index is -0.0852. The van der Waals surface area contributed by atoms with Gasteiger partial charge >= 0.3 is 0 Å². The first-order valence-electron chi connectivity index (χ1n) is 5.32. The minimum absolute atomic E-state index is 0.0852. The molecular weight excluding hydrogens is 252 g/mol. The molecule has 0 aliphatic carbocycles. The van der Waals surface area contributed by atoms with Crippen LogP contribution in [-0.4, -0.2) is 22.9 Å². The number of hydrogen-bond acceptors (Lipinski definition) is 4. The Morgan fingerprint density at radius 3 is 2.67 bits per heavy atom. The standard InChI is InChI=1S/C13H11ClN2O2/c1-18-13-7-11(15-8-16-13)12(17)6-9-2-4-10(14)5-3-9/h2-5,7-8H,6H2,1H3. The lowest BCUT2D eigenvalue weighted by atomic mass is 10.1. The molecule has 5 heteroatoms. The number of carbonyl (C=O) groups excluding carboxylic acids is 1. The summed E-state index contributed by atoms with van der Waals surface area (Å²) < 4.78 is 4.95. The molecular formula is C13H11ClN2O2. The number of methoxy groups -OCH3 is 1. The van der Waals surface area contributed by atoms with Crippen LogP contribution in [0, 0.1) is 0 Å². The molecule has 0 N–H and O–H groups in total. The monoisotopic (exact) mass is 262 g/mol. The van der Waals surface area contributed by atoms with Gasteiger partial charge in [0.1, 0.15) is 12.0 Å². The molecule has 1 aromatic carbocycles. The SMILES string of the molecule is COc1cc(C(=O)Cc2ccc(Cl)cc2)ncn1. The molecule has 0 aliphatic rings. The van der Waals surface area contributed by atoms with Crippen molar-refractivity contribution >= 4 is 17.4 Å². The summed E-state index contributed by atoms with van der Waals surface area (Å²) in [5.74, 6) is 0.294. The van der Waals surface area contributed by atoms with Gasteiger partial charge in [0.2, 0.25) is 5.88 Å². The van der Waals surface area contributed by atoms with Crippen molar-refractivity contribution in [3.8, 4) is 5.88 Å². The van der Waals surface area contributed by atoms with Gasteiger partial charge in [0, 0.05) is 17.5 Å². The fraction of sp³-hybridized carbons (Fsp3) is 0.154. The van der Waals surface area contributed by atoms with E-state index in [-0.39, 0.29) is 12.2 Å². The number of halogens is 1. The molecule has 92 valence electrons. The first kappa shape index (κ1) is 12.5. The molecule has 0 spiro atoms. The van der Waals surface area contributed by atoms with Gasteiger partial charge in [-0.05, 0) is 17.7 Å². The summed E-state index contributed by atoms with van der Waals surface area (Å²) in [6, 6.07) is 8.67. The van der Waals surface area contributed by atoms with Crippen molar-refractivity contribution in [1.29, 1.82) is 0 Å². The second kappa shape index (κ2) is 5.60. The molecule has 0 fully saturated rings. The Hall–Kier alpha value is -1.94. The van der Waals surface area contributed by atoms with E-state index in [0.717, 1.165) is 5.56 Å². The van der Waals surface area contributed by atoms with Crippen molar-refractivity contribution in [2.24, 2.45) is 0 Å².